The van der Waals surface area contributed by atoms with Crippen molar-refractivity contribution in [3.8, 4) is 0 Å². The third-order valence-electron chi connectivity index (χ3n) is 2.72. The molecule has 0 spiro atoms. The minimum absolute atomic E-state index is 0.00132. The molecule has 0 aliphatic rings. The molecule has 0 aromatic heterocycles. The van der Waals surface area contributed by atoms with Crippen LogP contribution in [0.15, 0.2) is 36.5 Å². The highest BCUT2D eigenvalue weighted by Gasteiger charge is 2.18. The van der Waals surface area contributed by atoms with E-state index in [4.69, 9.17) is 14.2 Å². The van der Waals surface area contributed by atoms with Gasteiger partial charge < -0.3 is 18.9 Å². The number of carbonyl (C=O) groups excluding carboxylic acids is 3. The standard InChI is InChI=1S/C17H24O7/c1-11(2)15(18)23-8-7-22-14(9-13(5)17(20)21-6)10-24-16(19)12(3)4/h14H,1,3,5,7-10H2,2,4,6H3. The number of hydrogen-bond donors (Lipinski definition) is 0. The molecule has 24 heavy (non-hydrogen) atoms. The fraction of sp³-hybridized carbons (Fsp3) is 0.471. The molecule has 0 saturated carbocycles. The normalized spacial score (nSPS) is 11.1. The van der Waals surface area contributed by atoms with Gasteiger partial charge in [0, 0.05) is 23.1 Å². The molecule has 0 bridgehead atoms. The Bertz CT molecular complexity index is 519. The molecule has 0 aliphatic carbocycles. The predicted octanol–water partition coefficient (Wildman–Crippen LogP) is 1.73. The molecule has 1 unspecified atom stereocenters. The van der Waals surface area contributed by atoms with Crippen LogP contribution in [0.3, 0.4) is 0 Å². The van der Waals surface area contributed by atoms with Gasteiger partial charge in [0.2, 0.25) is 0 Å². The van der Waals surface area contributed by atoms with Crippen molar-refractivity contribution in [3.63, 3.8) is 0 Å². The van der Waals surface area contributed by atoms with Gasteiger partial charge in [-0.25, -0.2) is 14.4 Å². The summed E-state index contributed by atoms with van der Waals surface area (Å²) in [5, 5.41) is 0. The van der Waals surface area contributed by atoms with Gasteiger partial charge in [-0.15, -0.1) is 0 Å². The number of ether oxygens (including phenoxy) is 4. The zero-order valence-electron chi connectivity index (χ0n) is 14.4. The smallest absolute Gasteiger partial charge is 0.333 e. The van der Waals surface area contributed by atoms with Gasteiger partial charge >= 0.3 is 17.9 Å². The van der Waals surface area contributed by atoms with Crippen molar-refractivity contribution in [2.24, 2.45) is 0 Å². The molecule has 0 aromatic rings. The Morgan fingerprint density at radius 2 is 1.42 bits per heavy atom. The Morgan fingerprint density at radius 3 is 1.92 bits per heavy atom. The number of rotatable bonds is 11. The van der Waals surface area contributed by atoms with E-state index in [1.54, 1.807) is 0 Å². The second kappa shape index (κ2) is 11.2. The first kappa shape index (κ1) is 21.6. The van der Waals surface area contributed by atoms with E-state index in [2.05, 4.69) is 24.5 Å². The zero-order valence-corrected chi connectivity index (χ0v) is 14.4. The zero-order chi connectivity index (χ0) is 18.7. The van der Waals surface area contributed by atoms with Crippen molar-refractivity contribution >= 4 is 17.9 Å². The van der Waals surface area contributed by atoms with Crippen LogP contribution in [-0.2, 0) is 33.3 Å². The van der Waals surface area contributed by atoms with E-state index >= 15 is 0 Å². The molecule has 0 aromatic carbocycles. The maximum atomic E-state index is 11.4. The van der Waals surface area contributed by atoms with Crippen LogP contribution in [-0.4, -0.2) is 50.9 Å². The first-order chi connectivity index (χ1) is 11.2. The minimum atomic E-state index is -0.636. The molecular formula is C17H24O7. The number of methoxy groups -OCH3 is 1. The van der Waals surface area contributed by atoms with E-state index in [1.807, 2.05) is 0 Å². The lowest BCUT2D eigenvalue weighted by molar-refractivity contribution is -0.145. The van der Waals surface area contributed by atoms with Gasteiger partial charge in [0.25, 0.3) is 0 Å². The lowest BCUT2D eigenvalue weighted by atomic mass is 10.1. The third-order valence-corrected chi connectivity index (χ3v) is 2.72. The largest absolute Gasteiger partial charge is 0.466 e. The van der Waals surface area contributed by atoms with Crippen molar-refractivity contribution in [3.05, 3.63) is 36.5 Å². The van der Waals surface area contributed by atoms with Gasteiger partial charge in [-0.05, 0) is 13.8 Å². The summed E-state index contributed by atoms with van der Waals surface area (Å²) in [5.74, 6) is -1.67. The molecule has 7 nitrogen and oxygen atoms in total. The average molecular weight is 340 g/mol. The van der Waals surface area contributed by atoms with Crippen molar-refractivity contribution < 1.29 is 33.3 Å². The van der Waals surface area contributed by atoms with Gasteiger partial charge in [0.1, 0.15) is 13.2 Å². The summed E-state index contributed by atoms with van der Waals surface area (Å²) in [7, 11) is 1.24. The SMILES string of the molecule is C=C(C)C(=O)OCCOC(COC(=O)C(=C)C)CC(=C)C(=O)OC. The number of carbonyl (C=O) groups is 3. The second-order valence-electron chi connectivity index (χ2n) is 5.09. The molecule has 0 rings (SSSR count). The Morgan fingerprint density at radius 1 is 0.875 bits per heavy atom. The van der Waals surface area contributed by atoms with E-state index in [1.165, 1.54) is 21.0 Å². The molecule has 0 radical (unpaired) electrons. The van der Waals surface area contributed by atoms with E-state index in [0.717, 1.165) is 0 Å². The Labute approximate surface area is 141 Å². The van der Waals surface area contributed by atoms with Crippen molar-refractivity contribution in [1.82, 2.24) is 0 Å². The summed E-state index contributed by atoms with van der Waals surface area (Å²) in [6.07, 6.45) is -0.534. The molecule has 134 valence electrons. The second-order valence-corrected chi connectivity index (χ2v) is 5.09. The van der Waals surface area contributed by atoms with Gasteiger partial charge in [0.05, 0.1) is 19.8 Å². The Kier molecular flexibility index (Phi) is 10.1. The van der Waals surface area contributed by atoms with E-state index < -0.39 is 24.0 Å². The van der Waals surface area contributed by atoms with Gasteiger partial charge in [-0.1, -0.05) is 19.7 Å². The fourth-order valence-electron chi connectivity index (χ4n) is 1.43. The average Bonchev–Trinajstić information content (AvgIpc) is 2.54. The highest BCUT2D eigenvalue weighted by atomic mass is 16.6. The van der Waals surface area contributed by atoms with Crippen LogP contribution < -0.4 is 0 Å². The van der Waals surface area contributed by atoms with E-state index in [0.29, 0.717) is 0 Å². The van der Waals surface area contributed by atoms with Crippen LogP contribution in [0.4, 0.5) is 0 Å². The summed E-state index contributed by atoms with van der Waals surface area (Å²) < 4.78 is 20.0. The van der Waals surface area contributed by atoms with Crippen LogP contribution in [0.25, 0.3) is 0 Å². The quantitative estimate of drug-likeness (QED) is 0.245. The maximum Gasteiger partial charge on any atom is 0.333 e. The summed E-state index contributed by atoms with van der Waals surface area (Å²) >= 11 is 0. The molecular weight excluding hydrogens is 316 g/mol. The maximum absolute atomic E-state index is 11.4. The fourth-order valence-corrected chi connectivity index (χ4v) is 1.43. The molecule has 0 aliphatic heterocycles. The van der Waals surface area contributed by atoms with Crippen molar-refractivity contribution in [2.75, 3.05) is 26.9 Å². The van der Waals surface area contributed by atoms with Gasteiger partial charge in [-0.2, -0.15) is 0 Å². The molecule has 0 fully saturated rings. The van der Waals surface area contributed by atoms with Crippen molar-refractivity contribution in [2.45, 2.75) is 26.4 Å². The summed E-state index contributed by atoms with van der Waals surface area (Å²) in [6.45, 7) is 13.5. The highest BCUT2D eigenvalue weighted by Crippen LogP contribution is 2.10. The monoisotopic (exact) mass is 340 g/mol. The topological polar surface area (TPSA) is 88.1 Å². The molecule has 0 N–H and O–H groups in total. The molecule has 0 saturated heterocycles. The minimum Gasteiger partial charge on any atom is -0.466 e. The third kappa shape index (κ3) is 8.89. The van der Waals surface area contributed by atoms with Crippen LogP contribution >= 0.6 is 0 Å². The first-order valence-corrected chi connectivity index (χ1v) is 7.22. The van der Waals surface area contributed by atoms with E-state index in [-0.39, 0.29) is 43.0 Å². The van der Waals surface area contributed by atoms with Crippen LogP contribution in [0, 0.1) is 0 Å². The number of esters is 3. The molecule has 1 atom stereocenters. The Balaban J connectivity index is 4.50. The highest BCUT2D eigenvalue weighted by molar-refractivity contribution is 5.88. The first-order valence-electron chi connectivity index (χ1n) is 7.22. The van der Waals surface area contributed by atoms with Crippen molar-refractivity contribution in [1.29, 1.82) is 0 Å². The lowest BCUT2D eigenvalue weighted by Gasteiger charge is -2.18. The summed E-state index contributed by atoms with van der Waals surface area (Å²) in [4.78, 5) is 34.1. The molecule has 7 heteroatoms. The summed E-state index contributed by atoms with van der Waals surface area (Å²) in [6, 6.07) is 0. The van der Waals surface area contributed by atoms with Gasteiger partial charge in [-0.3, -0.25) is 0 Å². The predicted molar refractivity (Wildman–Crippen MR) is 87.1 cm³/mol. The van der Waals surface area contributed by atoms with Crippen LogP contribution in [0.2, 0.25) is 0 Å². The number of hydrogen-bond acceptors (Lipinski definition) is 7. The van der Waals surface area contributed by atoms with Crippen LogP contribution in [0.5, 0.6) is 0 Å². The lowest BCUT2D eigenvalue weighted by Crippen LogP contribution is -2.26. The Hall–Kier alpha value is -2.41. The molecule has 0 amide bonds. The van der Waals surface area contributed by atoms with E-state index in [9.17, 15) is 14.4 Å². The molecule has 0 heterocycles. The summed E-state index contributed by atoms with van der Waals surface area (Å²) in [5.41, 5.74) is 0.699. The van der Waals surface area contributed by atoms with Gasteiger partial charge in [0.15, 0.2) is 0 Å². The van der Waals surface area contributed by atoms with Crippen LogP contribution in [0.1, 0.15) is 20.3 Å².